The van der Waals surface area contributed by atoms with Crippen molar-refractivity contribution in [2.24, 2.45) is 0 Å². The van der Waals surface area contributed by atoms with Crippen molar-refractivity contribution in [3.8, 4) is 0 Å². The summed E-state index contributed by atoms with van der Waals surface area (Å²) in [4.78, 5) is 4.66. The summed E-state index contributed by atoms with van der Waals surface area (Å²) in [5.74, 6) is -0.502. The number of anilines is 1. The van der Waals surface area contributed by atoms with E-state index in [1.54, 1.807) is 12.1 Å². The molecular weight excluding hydrogens is 282 g/mol. The third-order valence-corrected chi connectivity index (χ3v) is 3.50. The van der Waals surface area contributed by atoms with Gasteiger partial charge >= 0.3 is 0 Å². The monoisotopic (exact) mass is 288 g/mol. The molecular formula is C11H7Cl2FN2S. The first-order chi connectivity index (χ1) is 8.06. The van der Waals surface area contributed by atoms with Gasteiger partial charge in [-0.2, -0.15) is 0 Å². The normalized spacial score (nSPS) is 10.5. The lowest BCUT2D eigenvalue weighted by atomic mass is 10.3. The highest BCUT2D eigenvalue weighted by molar-refractivity contribution is 7.99. The molecule has 0 amide bonds. The molecule has 0 bridgehead atoms. The van der Waals surface area contributed by atoms with E-state index in [9.17, 15) is 4.39 Å². The van der Waals surface area contributed by atoms with Gasteiger partial charge in [-0.25, -0.2) is 9.37 Å². The number of rotatable bonds is 2. The first-order valence-electron chi connectivity index (χ1n) is 4.60. The lowest BCUT2D eigenvalue weighted by Crippen LogP contribution is -1.91. The molecule has 6 heteroatoms. The summed E-state index contributed by atoms with van der Waals surface area (Å²) in [6, 6.07) is 6.12. The van der Waals surface area contributed by atoms with E-state index in [1.807, 2.05) is 0 Å². The first kappa shape index (κ1) is 12.5. The highest BCUT2D eigenvalue weighted by Gasteiger charge is 2.08. The summed E-state index contributed by atoms with van der Waals surface area (Å²) in [6.45, 7) is 0. The van der Waals surface area contributed by atoms with Gasteiger partial charge in [0.25, 0.3) is 0 Å². The minimum Gasteiger partial charge on any atom is -0.398 e. The van der Waals surface area contributed by atoms with Crippen molar-refractivity contribution in [3.63, 3.8) is 0 Å². The molecule has 2 N–H and O–H groups in total. The molecule has 0 unspecified atom stereocenters. The molecule has 1 aromatic heterocycles. The zero-order chi connectivity index (χ0) is 12.4. The van der Waals surface area contributed by atoms with Crippen LogP contribution < -0.4 is 5.73 Å². The van der Waals surface area contributed by atoms with E-state index >= 15 is 0 Å². The number of halogens is 3. The fourth-order valence-electron chi connectivity index (χ4n) is 1.17. The summed E-state index contributed by atoms with van der Waals surface area (Å²) in [7, 11) is 0. The van der Waals surface area contributed by atoms with E-state index in [2.05, 4.69) is 4.98 Å². The zero-order valence-electron chi connectivity index (χ0n) is 8.45. The van der Waals surface area contributed by atoms with Crippen molar-refractivity contribution in [1.82, 2.24) is 4.98 Å². The Balaban J connectivity index is 2.30. The second-order valence-electron chi connectivity index (χ2n) is 3.22. The molecule has 0 spiro atoms. The second-order valence-corrected chi connectivity index (χ2v) is 5.13. The molecule has 1 heterocycles. The van der Waals surface area contributed by atoms with Crippen molar-refractivity contribution < 1.29 is 4.39 Å². The van der Waals surface area contributed by atoms with E-state index in [4.69, 9.17) is 28.9 Å². The van der Waals surface area contributed by atoms with Crippen LogP contribution in [0.3, 0.4) is 0 Å². The number of hydrogen-bond donors (Lipinski definition) is 1. The van der Waals surface area contributed by atoms with Crippen LogP contribution in [0.25, 0.3) is 0 Å². The van der Waals surface area contributed by atoms with Gasteiger partial charge in [0.15, 0.2) is 0 Å². The predicted molar refractivity (Wildman–Crippen MR) is 69.2 cm³/mol. The Morgan fingerprint density at radius 2 is 2.00 bits per heavy atom. The number of benzene rings is 1. The molecule has 1 aromatic carbocycles. The summed E-state index contributed by atoms with van der Waals surface area (Å²) in [5, 5.41) is 1.24. The average molecular weight is 289 g/mol. The van der Waals surface area contributed by atoms with Gasteiger partial charge in [0.1, 0.15) is 10.8 Å². The first-order valence-corrected chi connectivity index (χ1v) is 6.17. The highest BCUT2D eigenvalue weighted by atomic mass is 35.5. The summed E-state index contributed by atoms with van der Waals surface area (Å²) < 4.78 is 13.3. The van der Waals surface area contributed by atoms with Crippen LogP contribution in [0, 0.1) is 5.82 Å². The number of hydrogen-bond acceptors (Lipinski definition) is 3. The van der Waals surface area contributed by atoms with Gasteiger partial charge in [0.05, 0.1) is 10.0 Å². The van der Waals surface area contributed by atoms with E-state index in [0.717, 1.165) is 0 Å². The lowest BCUT2D eigenvalue weighted by molar-refractivity contribution is 0.625. The van der Waals surface area contributed by atoms with E-state index in [-0.39, 0.29) is 5.02 Å². The Hall–Kier alpha value is -0.970. The Labute approximate surface area is 112 Å². The third-order valence-electron chi connectivity index (χ3n) is 1.97. The maximum absolute atomic E-state index is 13.3. The minimum absolute atomic E-state index is 0.0101. The van der Waals surface area contributed by atoms with Crippen molar-refractivity contribution in [2.45, 2.75) is 9.92 Å². The van der Waals surface area contributed by atoms with Crippen molar-refractivity contribution in [2.75, 3.05) is 5.73 Å². The van der Waals surface area contributed by atoms with Crippen LogP contribution in [0.5, 0.6) is 0 Å². The van der Waals surface area contributed by atoms with Crippen LogP contribution >= 0.6 is 35.0 Å². The number of pyridine rings is 1. The van der Waals surface area contributed by atoms with Crippen LogP contribution in [0.2, 0.25) is 10.0 Å². The van der Waals surface area contributed by atoms with E-state index in [0.29, 0.717) is 20.6 Å². The fraction of sp³-hybridized carbons (Fsp3) is 0. The van der Waals surface area contributed by atoms with Gasteiger partial charge in [0.2, 0.25) is 0 Å². The molecule has 0 fully saturated rings. The number of nitrogens with zero attached hydrogens (tertiary/aromatic N) is 1. The van der Waals surface area contributed by atoms with E-state index in [1.165, 1.54) is 30.1 Å². The molecule has 0 aliphatic carbocycles. The minimum atomic E-state index is -0.502. The lowest BCUT2D eigenvalue weighted by Gasteiger charge is -2.06. The highest BCUT2D eigenvalue weighted by Crippen LogP contribution is 2.34. The average Bonchev–Trinajstić information content (AvgIpc) is 2.29. The van der Waals surface area contributed by atoms with Gasteiger partial charge < -0.3 is 5.73 Å². The second kappa shape index (κ2) is 5.12. The summed E-state index contributed by atoms with van der Waals surface area (Å²) >= 11 is 12.6. The maximum Gasteiger partial charge on any atom is 0.143 e. The summed E-state index contributed by atoms with van der Waals surface area (Å²) in [5.41, 5.74) is 6.16. The Morgan fingerprint density at radius 3 is 2.65 bits per heavy atom. The smallest absolute Gasteiger partial charge is 0.143 e. The topological polar surface area (TPSA) is 38.9 Å². The van der Waals surface area contributed by atoms with Gasteiger partial charge in [-0.1, -0.05) is 35.0 Å². The van der Waals surface area contributed by atoms with Crippen LogP contribution in [0.4, 0.5) is 10.1 Å². The van der Waals surface area contributed by atoms with Crippen LogP contribution in [0.1, 0.15) is 0 Å². The van der Waals surface area contributed by atoms with Gasteiger partial charge in [-0.15, -0.1) is 0 Å². The molecule has 2 aromatic rings. The number of aromatic nitrogens is 1. The van der Waals surface area contributed by atoms with Crippen molar-refractivity contribution >= 4 is 40.7 Å². The van der Waals surface area contributed by atoms with E-state index < -0.39 is 5.82 Å². The zero-order valence-corrected chi connectivity index (χ0v) is 10.8. The molecule has 0 saturated carbocycles. The SMILES string of the molecule is Nc1cc(Cl)c(F)cc1Sc1ccc(Cl)cn1. The Morgan fingerprint density at radius 1 is 1.24 bits per heavy atom. The molecule has 0 radical (unpaired) electrons. The molecule has 88 valence electrons. The predicted octanol–water partition coefficient (Wildman–Crippen LogP) is 4.26. The fourth-order valence-corrected chi connectivity index (χ4v) is 2.26. The largest absolute Gasteiger partial charge is 0.398 e. The van der Waals surface area contributed by atoms with Crippen molar-refractivity contribution in [1.29, 1.82) is 0 Å². The Bertz CT molecular complexity index is 546. The maximum atomic E-state index is 13.3. The van der Waals surface area contributed by atoms with Crippen LogP contribution in [-0.4, -0.2) is 4.98 Å². The summed E-state index contributed by atoms with van der Waals surface area (Å²) in [6.07, 6.45) is 1.52. The third kappa shape index (κ3) is 3.03. The van der Waals surface area contributed by atoms with Gasteiger partial charge in [0, 0.05) is 16.8 Å². The quantitative estimate of drug-likeness (QED) is 0.839. The molecule has 2 rings (SSSR count). The van der Waals surface area contributed by atoms with Crippen LogP contribution in [-0.2, 0) is 0 Å². The molecule has 2 nitrogen and oxygen atoms in total. The molecule has 0 saturated heterocycles. The van der Waals surface area contributed by atoms with Crippen LogP contribution in [0.15, 0.2) is 40.4 Å². The van der Waals surface area contributed by atoms with Gasteiger partial charge in [-0.05, 0) is 24.3 Å². The van der Waals surface area contributed by atoms with Crippen molar-refractivity contribution in [3.05, 3.63) is 46.3 Å². The molecule has 0 atom stereocenters. The standard InChI is InChI=1S/C11H7Cl2FN2S/c12-6-1-2-11(16-5-6)17-10-4-8(14)7(13)3-9(10)15/h1-5H,15H2. The Kier molecular flexibility index (Phi) is 3.76. The number of nitrogens with two attached hydrogens (primary N) is 1. The molecule has 0 aliphatic heterocycles. The number of nitrogen functional groups attached to an aromatic ring is 1. The van der Waals surface area contributed by atoms with Gasteiger partial charge in [-0.3, -0.25) is 0 Å². The molecule has 17 heavy (non-hydrogen) atoms. The molecule has 0 aliphatic rings.